The molecule has 0 aliphatic heterocycles. The summed E-state index contributed by atoms with van der Waals surface area (Å²) in [6, 6.07) is 13.3. The van der Waals surface area contributed by atoms with Gasteiger partial charge < -0.3 is 9.84 Å². The highest BCUT2D eigenvalue weighted by atomic mass is 35.5. The Kier molecular flexibility index (Phi) is 7.65. The number of nitrogens with one attached hydrogen (secondary N) is 2. The maximum Gasteiger partial charge on any atom is 0.229 e. The molecule has 170 valence electrons. The molecule has 2 N–H and O–H groups in total. The number of rotatable bonds is 9. The van der Waals surface area contributed by atoms with Crippen LogP contribution in [0, 0.1) is 0 Å². The zero-order chi connectivity index (χ0) is 23.3. The van der Waals surface area contributed by atoms with E-state index in [-0.39, 0.29) is 18.2 Å². The van der Waals surface area contributed by atoms with Gasteiger partial charge in [-0.2, -0.15) is 4.98 Å². The Labute approximate surface area is 192 Å². The third-order valence-electron chi connectivity index (χ3n) is 4.60. The van der Waals surface area contributed by atoms with Crippen LogP contribution in [0.15, 0.2) is 53.1 Å². The van der Waals surface area contributed by atoms with Gasteiger partial charge in [0.05, 0.1) is 12.3 Å². The number of halogens is 1. The van der Waals surface area contributed by atoms with Gasteiger partial charge in [0.25, 0.3) is 0 Å². The Morgan fingerprint density at radius 3 is 2.31 bits per heavy atom. The van der Waals surface area contributed by atoms with Crippen LogP contribution in [0.5, 0.6) is 0 Å². The van der Waals surface area contributed by atoms with Crippen LogP contribution >= 0.6 is 11.6 Å². The zero-order valence-electron chi connectivity index (χ0n) is 18.0. The van der Waals surface area contributed by atoms with E-state index in [4.69, 9.17) is 16.1 Å². The van der Waals surface area contributed by atoms with Gasteiger partial charge in [0.1, 0.15) is 0 Å². The van der Waals surface area contributed by atoms with E-state index in [9.17, 15) is 13.2 Å². The minimum absolute atomic E-state index is 0.0721. The lowest BCUT2D eigenvalue weighted by Gasteiger charge is -2.18. The van der Waals surface area contributed by atoms with Crippen molar-refractivity contribution in [1.29, 1.82) is 0 Å². The first-order valence-electron chi connectivity index (χ1n) is 10.0. The SMILES string of the molecule is CC(C)c1nc(Cc2ccc(NC(=O)C[C@H](NS(C)(=O)=O)c3ccc(Cl)cc3)cc2)no1. The molecule has 3 aromatic rings. The van der Waals surface area contributed by atoms with Crippen molar-refractivity contribution in [3.8, 4) is 0 Å². The van der Waals surface area contributed by atoms with Crippen LogP contribution in [0.1, 0.15) is 55.1 Å². The molecule has 3 rings (SSSR count). The van der Waals surface area contributed by atoms with E-state index in [0.717, 1.165) is 11.8 Å². The van der Waals surface area contributed by atoms with Crippen molar-refractivity contribution in [2.24, 2.45) is 0 Å². The van der Waals surface area contributed by atoms with Crippen molar-refractivity contribution in [3.63, 3.8) is 0 Å². The molecular weight excluding hydrogens is 452 g/mol. The van der Waals surface area contributed by atoms with E-state index in [2.05, 4.69) is 20.2 Å². The molecule has 1 aromatic heterocycles. The fourth-order valence-corrected chi connectivity index (χ4v) is 3.90. The number of amides is 1. The summed E-state index contributed by atoms with van der Waals surface area (Å²) < 4.78 is 31.2. The number of nitrogens with zero attached hydrogens (tertiary/aromatic N) is 2. The largest absolute Gasteiger partial charge is 0.339 e. The highest BCUT2D eigenvalue weighted by molar-refractivity contribution is 7.88. The zero-order valence-corrected chi connectivity index (χ0v) is 19.6. The number of benzene rings is 2. The highest BCUT2D eigenvalue weighted by Crippen LogP contribution is 2.22. The normalized spacial score (nSPS) is 12.7. The Morgan fingerprint density at radius 2 is 1.75 bits per heavy atom. The summed E-state index contributed by atoms with van der Waals surface area (Å²) >= 11 is 5.91. The van der Waals surface area contributed by atoms with Crippen LogP contribution in [-0.2, 0) is 21.2 Å². The average Bonchev–Trinajstić information content (AvgIpc) is 3.17. The first kappa shape index (κ1) is 23.9. The number of hydrogen-bond donors (Lipinski definition) is 2. The van der Waals surface area contributed by atoms with Gasteiger partial charge in [-0.1, -0.05) is 54.9 Å². The minimum atomic E-state index is -3.52. The summed E-state index contributed by atoms with van der Waals surface area (Å²) in [4.78, 5) is 16.9. The first-order valence-corrected chi connectivity index (χ1v) is 12.3. The lowest BCUT2D eigenvalue weighted by molar-refractivity contribution is -0.116. The van der Waals surface area contributed by atoms with E-state index in [1.54, 1.807) is 36.4 Å². The molecule has 32 heavy (non-hydrogen) atoms. The lowest BCUT2D eigenvalue weighted by atomic mass is 10.0. The van der Waals surface area contributed by atoms with Crippen molar-refractivity contribution in [2.75, 3.05) is 11.6 Å². The van der Waals surface area contributed by atoms with Crippen LogP contribution in [0.4, 0.5) is 5.69 Å². The Morgan fingerprint density at radius 1 is 1.09 bits per heavy atom. The smallest absolute Gasteiger partial charge is 0.229 e. The molecule has 0 unspecified atom stereocenters. The molecule has 0 radical (unpaired) electrons. The predicted octanol–water partition coefficient (Wildman–Crippen LogP) is 4.06. The molecule has 0 spiro atoms. The number of sulfonamides is 1. The van der Waals surface area contributed by atoms with Gasteiger partial charge >= 0.3 is 0 Å². The molecule has 0 fully saturated rings. The fraction of sp³-hybridized carbons (Fsp3) is 0.318. The number of aromatic nitrogens is 2. The topological polar surface area (TPSA) is 114 Å². The van der Waals surface area contributed by atoms with E-state index in [1.807, 2.05) is 26.0 Å². The van der Waals surface area contributed by atoms with Crippen molar-refractivity contribution in [3.05, 3.63) is 76.4 Å². The van der Waals surface area contributed by atoms with Crippen LogP contribution < -0.4 is 10.0 Å². The number of carbonyl (C=O) groups excluding carboxylic acids is 1. The Balaban J connectivity index is 1.63. The van der Waals surface area contributed by atoms with Crippen LogP contribution in [0.25, 0.3) is 0 Å². The standard InChI is InChI=1S/C22H25ClN4O4S/c1-14(2)22-25-20(26-31-22)12-15-4-10-18(11-5-15)24-21(28)13-19(27-32(3,29)30)16-6-8-17(23)9-7-16/h4-11,14,19,27H,12-13H2,1-3H3,(H,24,28)/t19-/m0/s1. The fourth-order valence-electron chi connectivity index (χ4n) is 3.04. The minimum Gasteiger partial charge on any atom is -0.339 e. The highest BCUT2D eigenvalue weighted by Gasteiger charge is 2.20. The molecule has 2 aromatic carbocycles. The maximum absolute atomic E-state index is 12.6. The molecule has 0 saturated carbocycles. The van der Waals surface area contributed by atoms with Crippen LogP contribution in [0.3, 0.4) is 0 Å². The second-order valence-electron chi connectivity index (χ2n) is 7.82. The van der Waals surface area contributed by atoms with Crippen LogP contribution in [-0.4, -0.2) is 30.7 Å². The van der Waals surface area contributed by atoms with Gasteiger partial charge in [-0.05, 0) is 35.4 Å². The third kappa shape index (κ3) is 7.15. The third-order valence-corrected chi connectivity index (χ3v) is 5.56. The van der Waals surface area contributed by atoms with Crippen molar-refractivity contribution < 1.29 is 17.7 Å². The van der Waals surface area contributed by atoms with Gasteiger partial charge in [0.15, 0.2) is 5.82 Å². The first-order chi connectivity index (χ1) is 15.1. The van der Waals surface area contributed by atoms with E-state index in [1.165, 1.54) is 0 Å². The van der Waals surface area contributed by atoms with Crippen molar-refractivity contribution in [1.82, 2.24) is 14.9 Å². The molecule has 8 nitrogen and oxygen atoms in total. The molecule has 0 bridgehead atoms. The van der Waals surface area contributed by atoms with Gasteiger partial charge in [-0.15, -0.1) is 0 Å². The molecule has 10 heteroatoms. The number of anilines is 1. The molecule has 1 amide bonds. The molecule has 0 saturated heterocycles. The quantitative estimate of drug-likeness (QED) is 0.481. The van der Waals surface area contributed by atoms with E-state index >= 15 is 0 Å². The lowest BCUT2D eigenvalue weighted by Crippen LogP contribution is -2.30. The predicted molar refractivity (Wildman–Crippen MR) is 123 cm³/mol. The van der Waals surface area contributed by atoms with Gasteiger partial charge in [-0.3, -0.25) is 4.79 Å². The van der Waals surface area contributed by atoms with Crippen molar-refractivity contribution in [2.45, 2.75) is 38.6 Å². The summed E-state index contributed by atoms with van der Waals surface area (Å²) in [5.74, 6) is 1.04. The summed E-state index contributed by atoms with van der Waals surface area (Å²) in [5.41, 5.74) is 2.21. The summed E-state index contributed by atoms with van der Waals surface area (Å²) in [7, 11) is -3.52. The average molecular weight is 477 g/mol. The Hall–Kier alpha value is -2.75. The summed E-state index contributed by atoms with van der Waals surface area (Å²) in [6.07, 6.45) is 1.50. The van der Waals surface area contributed by atoms with Gasteiger partial charge in [0.2, 0.25) is 21.8 Å². The summed E-state index contributed by atoms with van der Waals surface area (Å²) in [6.45, 7) is 3.97. The Bertz CT molecular complexity index is 1160. The second kappa shape index (κ2) is 10.2. The maximum atomic E-state index is 12.6. The van der Waals surface area contributed by atoms with E-state index < -0.39 is 16.1 Å². The van der Waals surface area contributed by atoms with Crippen molar-refractivity contribution >= 4 is 33.2 Å². The monoisotopic (exact) mass is 476 g/mol. The number of carbonyl (C=O) groups is 1. The molecular formula is C22H25ClN4O4S. The molecule has 1 atom stereocenters. The van der Waals surface area contributed by atoms with Crippen LogP contribution in [0.2, 0.25) is 5.02 Å². The van der Waals surface area contributed by atoms with Gasteiger partial charge in [0, 0.05) is 29.5 Å². The summed E-state index contributed by atoms with van der Waals surface area (Å²) in [5, 5.41) is 7.30. The molecule has 0 aliphatic rings. The number of hydrogen-bond acceptors (Lipinski definition) is 6. The van der Waals surface area contributed by atoms with Gasteiger partial charge in [-0.25, -0.2) is 13.1 Å². The second-order valence-corrected chi connectivity index (χ2v) is 10.0. The van der Waals surface area contributed by atoms with E-state index in [0.29, 0.717) is 34.4 Å². The molecule has 0 aliphatic carbocycles. The molecule has 1 heterocycles.